The number of halogens is 1. The van der Waals surface area contributed by atoms with Gasteiger partial charge in [0.15, 0.2) is 0 Å². The minimum atomic E-state index is -0.160. The minimum Gasteiger partial charge on any atom is -0.352 e. The van der Waals surface area contributed by atoms with Crippen LogP contribution in [0.3, 0.4) is 0 Å². The van der Waals surface area contributed by atoms with Crippen molar-refractivity contribution in [2.45, 2.75) is 45.6 Å². The molecule has 0 radical (unpaired) electrons. The molecule has 134 valence electrons. The van der Waals surface area contributed by atoms with E-state index in [2.05, 4.69) is 10.6 Å². The fourth-order valence-corrected chi connectivity index (χ4v) is 2.94. The van der Waals surface area contributed by atoms with E-state index in [0.29, 0.717) is 30.1 Å². The molecule has 2 amide bonds. The molecular weight excluding hydrogens is 326 g/mol. The summed E-state index contributed by atoms with van der Waals surface area (Å²) in [5, 5.41) is 5.75. The monoisotopic (exact) mass is 353 g/mol. The number of rotatable bonds is 6. The van der Waals surface area contributed by atoms with Crippen molar-refractivity contribution in [3.63, 3.8) is 0 Å². The van der Waals surface area contributed by atoms with Crippen LogP contribution in [0.5, 0.6) is 0 Å². The maximum Gasteiger partial charge on any atom is 0.253 e. The van der Waals surface area contributed by atoms with Crippen LogP contribution in [0.1, 0.15) is 49.9 Å². The summed E-state index contributed by atoms with van der Waals surface area (Å²) in [6.07, 6.45) is 3.51. The summed E-state index contributed by atoms with van der Waals surface area (Å²) in [7, 11) is 0. The summed E-state index contributed by atoms with van der Waals surface area (Å²) in [5.41, 5.74) is 7.08. The van der Waals surface area contributed by atoms with Gasteiger partial charge in [-0.2, -0.15) is 0 Å². The van der Waals surface area contributed by atoms with Gasteiger partial charge in [0.05, 0.1) is 11.3 Å². The molecule has 5 nitrogen and oxygen atoms in total. The van der Waals surface area contributed by atoms with Crippen molar-refractivity contribution in [2.24, 2.45) is 17.6 Å². The molecule has 6 heteroatoms. The summed E-state index contributed by atoms with van der Waals surface area (Å²) in [4.78, 5) is 24.5. The van der Waals surface area contributed by atoms with Crippen molar-refractivity contribution in [1.82, 2.24) is 5.32 Å². The zero-order valence-corrected chi connectivity index (χ0v) is 15.2. The highest BCUT2D eigenvalue weighted by Crippen LogP contribution is 2.27. The summed E-state index contributed by atoms with van der Waals surface area (Å²) < 4.78 is 0. The van der Waals surface area contributed by atoms with Gasteiger partial charge in [-0.25, -0.2) is 0 Å². The van der Waals surface area contributed by atoms with E-state index in [9.17, 15) is 9.59 Å². The molecule has 1 aliphatic carbocycles. The summed E-state index contributed by atoms with van der Waals surface area (Å²) in [6.45, 7) is 4.69. The summed E-state index contributed by atoms with van der Waals surface area (Å²) in [5.74, 6) is 0.394. The molecule has 1 aromatic rings. The standard InChI is InChI=1S/C18H27N3O2.ClH/c1-12(2)11-20-18(23)14-7-3-4-9-16(14)21-17(22)10-13-6-5-8-15(13)19;/h3-4,7,9,12-13,15H,5-6,8,10-11,19H2,1-2H3,(H,20,23)(H,21,22);1H/t13-,15+;/m0./s1. The van der Waals surface area contributed by atoms with E-state index in [1.165, 1.54) is 0 Å². The van der Waals surface area contributed by atoms with Gasteiger partial charge in [0.2, 0.25) is 5.91 Å². The SMILES string of the molecule is CC(C)CNC(=O)c1ccccc1NC(=O)C[C@@H]1CCC[C@H]1N.Cl. The van der Waals surface area contributed by atoms with Crippen LogP contribution < -0.4 is 16.4 Å². The molecule has 1 aromatic carbocycles. The van der Waals surface area contributed by atoms with Crippen LogP contribution in [0.15, 0.2) is 24.3 Å². The van der Waals surface area contributed by atoms with E-state index in [1.807, 2.05) is 19.9 Å². The normalized spacial score (nSPS) is 19.7. The van der Waals surface area contributed by atoms with Gasteiger partial charge >= 0.3 is 0 Å². The van der Waals surface area contributed by atoms with Crippen molar-refractivity contribution in [3.8, 4) is 0 Å². The second-order valence-electron chi connectivity index (χ2n) is 6.76. The second-order valence-corrected chi connectivity index (χ2v) is 6.76. The first-order valence-corrected chi connectivity index (χ1v) is 8.40. The van der Waals surface area contributed by atoms with E-state index < -0.39 is 0 Å². The van der Waals surface area contributed by atoms with Gasteiger partial charge in [0.1, 0.15) is 0 Å². The molecule has 24 heavy (non-hydrogen) atoms. The second kappa shape index (κ2) is 9.64. The lowest BCUT2D eigenvalue weighted by Crippen LogP contribution is -2.30. The number of nitrogens with two attached hydrogens (primary N) is 1. The molecule has 0 bridgehead atoms. The van der Waals surface area contributed by atoms with Crippen LogP contribution >= 0.6 is 12.4 Å². The largest absolute Gasteiger partial charge is 0.352 e. The van der Waals surface area contributed by atoms with Crippen molar-refractivity contribution in [1.29, 1.82) is 0 Å². The zero-order chi connectivity index (χ0) is 16.8. The molecule has 0 heterocycles. The number of benzene rings is 1. The van der Waals surface area contributed by atoms with Crippen LogP contribution in [-0.4, -0.2) is 24.4 Å². The molecule has 2 atom stereocenters. The molecule has 4 N–H and O–H groups in total. The molecule has 0 saturated heterocycles. The van der Waals surface area contributed by atoms with E-state index in [0.717, 1.165) is 19.3 Å². The quantitative estimate of drug-likeness (QED) is 0.735. The fourth-order valence-electron chi connectivity index (χ4n) is 2.94. The number of amides is 2. The van der Waals surface area contributed by atoms with E-state index in [4.69, 9.17) is 5.73 Å². The first-order chi connectivity index (χ1) is 11.0. The van der Waals surface area contributed by atoms with E-state index >= 15 is 0 Å². The Bertz CT molecular complexity index is 563. The Morgan fingerprint density at radius 2 is 1.96 bits per heavy atom. The maximum absolute atomic E-state index is 12.3. The van der Waals surface area contributed by atoms with Crippen molar-refractivity contribution in [2.75, 3.05) is 11.9 Å². The Labute approximate surface area is 150 Å². The van der Waals surface area contributed by atoms with Gasteiger partial charge in [-0.3, -0.25) is 9.59 Å². The number of nitrogens with one attached hydrogen (secondary N) is 2. The number of anilines is 1. The Morgan fingerprint density at radius 3 is 2.58 bits per heavy atom. The third-order valence-corrected chi connectivity index (χ3v) is 4.28. The molecule has 0 aromatic heterocycles. The highest BCUT2D eigenvalue weighted by Gasteiger charge is 2.26. The van der Waals surface area contributed by atoms with E-state index in [-0.39, 0.29) is 36.2 Å². The lowest BCUT2D eigenvalue weighted by Gasteiger charge is -2.16. The highest BCUT2D eigenvalue weighted by atomic mass is 35.5. The topological polar surface area (TPSA) is 84.2 Å². The van der Waals surface area contributed by atoms with Gasteiger partial charge in [-0.15, -0.1) is 12.4 Å². The number of hydrogen-bond acceptors (Lipinski definition) is 3. The van der Waals surface area contributed by atoms with E-state index in [1.54, 1.807) is 18.2 Å². The third-order valence-electron chi connectivity index (χ3n) is 4.28. The fraction of sp³-hybridized carbons (Fsp3) is 0.556. The van der Waals surface area contributed by atoms with Crippen molar-refractivity contribution < 1.29 is 9.59 Å². The van der Waals surface area contributed by atoms with Gasteiger partial charge in [0.25, 0.3) is 5.91 Å². The average Bonchev–Trinajstić information content (AvgIpc) is 2.90. The van der Waals surface area contributed by atoms with Crippen LogP contribution in [0.25, 0.3) is 0 Å². The van der Waals surface area contributed by atoms with Crippen molar-refractivity contribution >= 4 is 29.9 Å². The van der Waals surface area contributed by atoms with Crippen LogP contribution in [0.2, 0.25) is 0 Å². The highest BCUT2D eigenvalue weighted by molar-refractivity contribution is 6.03. The van der Waals surface area contributed by atoms with Crippen molar-refractivity contribution in [3.05, 3.63) is 29.8 Å². The zero-order valence-electron chi connectivity index (χ0n) is 14.4. The molecule has 1 fully saturated rings. The molecule has 1 aliphatic rings. The lowest BCUT2D eigenvalue weighted by molar-refractivity contribution is -0.117. The predicted molar refractivity (Wildman–Crippen MR) is 99.4 cm³/mol. The first kappa shape index (κ1) is 20.5. The predicted octanol–water partition coefficient (Wildman–Crippen LogP) is 2.95. The molecular formula is C18H28ClN3O2. The molecule has 0 spiro atoms. The minimum absolute atomic E-state index is 0. The Kier molecular flexibility index (Phi) is 8.22. The Hall–Kier alpha value is -1.59. The smallest absolute Gasteiger partial charge is 0.253 e. The van der Waals surface area contributed by atoms with Gasteiger partial charge < -0.3 is 16.4 Å². The number of hydrogen-bond donors (Lipinski definition) is 3. The van der Waals surface area contributed by atoms with Gasteiger partial charge in [-0.1, -0.05) is 32.4 Å². The molecule has 0 unspecified atom stereocenters. The van der Waals surface area contributed by atoms with Crippen LogP contribution in [0, 0.1) is 11.8 Å². The molecule has 0 aliphatic heterocycles. The number of para-hydroxylation sites is 1. The molecule has 2 rings (SSSR count). The average molecular weight is 354 g/mol. The van der Waals surface area contributed by atoms with Crippen LogP contribution in [-0.2, 0) is 4.79 Å². The number of carbonyl (C=O) groups excluding carboxylic acids is 2. The summed E-state index contributed by atoms with van der Waals surface area (Å²) >= 11 is 0. The summed E-state index contributed by atoms with van der Waals surface area (Å²) in [6, 6.07) is 7.22. The lowest BCUT2D eigenvalue weighted by atomic mass is 9.99. The van der Waals surface area contributed by atoms with Gasteiger partial charge in [-0.05, 0) is 36.8 Å². The number of carbonyl (C=O) groups is 2. The Balaban J connectivity index is 0.00000288. The van der Waals surface area contributed by atoms with Gasteiger partial charge in [0, 0.05) is 19.0 Å². The Morgan fingerprint density at radius 1 is 1.25 bits per heavy atom. The maximum atomic E-state index is 12.3. The van der Waals surface area contributed by atoms with Crippen LogP contribution in [0.4, 0.5) is 5.69 Å². The third kappa shape index (κ3) is 5.80. The molecule has 1 saturated carbocycles. The first-order valence-electron chi connectivity index (χ1n) is 8.40.